The van der Waals surface area contributed by atoms with Crippen molar-refractivity contribution < 1.29 is 13.6 Å². The van der Waals surface area contributed by atoms with Crippen LogP contribution in [0, 0.1) is 24.5 Å². The lowest BCUT2D eigenvalue weighted by atomic mass is 9.99. The molecule has 0 bridgehead atoms. The van der Waals surface area contributed by atoms with Gasteiger partial charge in [0.25, 0.3) is 0 Å². The molecule has 3 nitrogen and oxygen atoms in total. The molecule has 1 fully saturated rings. The minimum Gasteiger partial charge on any atom is -0.321 e. The van der Waals surface area contributed by atoms with Gasteiger partial charge in [0.15, 0.2) is 5.82 Å². The Labute approximate surface area is 98.2 Å². The first-order valence-corrected chi connectivity index (χ1v) is 5.53. The zero-order valence-corrected chi connectivity index (χ0v) is 9.52. The van der Waals surface area contributed by atoms with Gasteiger partial charge in [0.2, 0.25) is 5.91 Å². The summed E-state index contributed by atoms with van der Waals surface area (Å²) in [5.41, 5.74) is -0.0331. The van der Waals surface area contributed by atoms with Crippen molar-refractivity contribution in [1.29, 1.82) is 0 Å². The van der Waals surface area contributed by atoms with Crippen LogP contribution in [0.25, 0.3) is 0 Å². The second-order valence-electron chi connectivity index (χ2n) is 4.33. The summed E-state index contributed by atoms with van der Waals surface area (Å²) in [5, 5.41) is 5.34. The van der Waals surface area contributed by atoms with Crippen LogP contribution >= 0.6 is 0 Å². The number of nitrogens with one attached hydrogen (secondary N) is 2. The van der Waals surface area contributed by atoms with Crippen LogP contribution in [0.5, 0.6) is 0 Å². The first-order chi connectivity index (χ1) is 8.08. The number of carbonyl (C=O) groups is 1. The van der Waals surface area contributed by atoms with Crippen molar-refractivity contribution >= 4 is 11.6 Å². The molecule has 0 aromatic heterocycles. The van der Waals surface area contributed by atoms with Crippen LogP contribution < -0.4 is 10.6 Å². The maximum atomic E-state index is 13.6. The molecule has 5 heteroatoms. The molecule has 0 atom stereocenters. The summed E-state index contributed by atoms with van der Waals surface area (Å²) >= 11 is 0. The highest BCUT2D eigenvalue weighted by atomic mass is 19.1. The number of benzene rings is 1. The van der Waals surface area contributed by atoms with Gasteiger partial charge in [-0.3, -0.25) is 4.79 Å². The van der Waals surface area contributed by atoms with Crippen LogP contribution in [-0.2, 0) is 4.79 Å². The van der Waals surface area contributed by atoms with E-state index in [-0.39, 0.29) is 17.5 Å². The van der Waals surface area contributed by atoms with Gasteiger partial charge in [-0.05, 0) is 37.6 Å². The molecule has 0 saturated carbocycles. The zero-order chi connectivity index (χ0) is 12.4. The molecular weight excluding hydrogens is 226 g/mol. The topological polar surface area (TPSA) is 41.1 Å². The molecule has 0 unspecified atom stereocenters. The van der Waals surface area contributed by atoms with Gasteiger partial charge in [-0.2, -0.15) is 0 Å². The second kappa shape index (κ2) is 4.79. The number of hydrogen-bond donors (Lipinski definition) is 2. The number of anilines is 1. The Morgan fingerprint density at radius 1 is 1.47 bits per heavy atom. The van der Waals surface area contributed by atoms with E-state index in [1.54, 1.807) is 0 Å². The Balaban J connectivity index is 2.06. The molecule has 0 radical (unpaired) electrons. The van der Waals surface area contributed by atoms with Gasteiger partial charge < -0.3 is 10.6 Å². The smallest absolute Gasteiger partial charge is 0.224 e. The molecule has 0 spiro atoms. The number of hydrogen-bond acceptors (Lipinski definition) is 2. The molecular formula is C12H14F2N2O. The van der Waals surface area contributed by atoms with E-state index in [0.29, 0.717) is 12.0 Å². The predicted molar refractivity (Wildman–Crippen MR) is 60.7 cm³/mol. The van der Waals surface area contributed by atoms with E-state index in [2.05, 4.69) is 10.6 Å². The summed E-state index contributed by atoms with van der Waals surface area (Å²) in [6, 6.07) is 2.50. The largest absolute Gasteiger partial charge is 0.321 e. The van der Waals surface area contributed by atoms with E-state index in [9.17, 15) is 13.6 Å². The van der Waals surface area contributed by atoms with E-state index in [1.165, 1.54) is 13.0 Å². The molecule has 2 rings (SSSR count). The van der Waals surface area contributed by atoms with Crippen molar-refractivity contribution in [2.75, 3.05) is 18.4 Å². The first kappa shape index (κ1) is 12.0. The minimum atomic E-state index is -0.742. The van der Waals surface area contributed by atoms with Gasteiger partial charge in [-0.15, -0.1) is 0 Å². The monoisotopic (exact) mass is 240 g/mol. The van der Waals surface area contributed by atoms with E-state index in [4.69, 9.17) is 0 Å². The highest BCUT2D eigenvalue weighted by Crippen LogP contribution is 2.22. The van der Waals surface area contributed by atoms with Gasteiger partial charge in [-0.1, -0.05) is 6.07 Å². The molecule has 1 aliphatic heterocycles. The molecule has 17 heavy (non-hydrogen) atoms. The van der Waals surface area contributed by atoms with Gasteiger partial charge in [0, 0.05) is 6.42 Å². The summed E-state index contributed by atoms with van der Waals surface area (Å²) < 4.78 is 26.9. The lowest BCUT2D eigenvalue weighted by Gasteiger charge is -2.26. The number of amides is 1. The molecule has 1 amide bonds. The van der Waals surface area contributed by atoms with Crippen molar-refractivity contribution in [2.45, 2.75) is 13.3 Å². The highest BCUT2D eigenvalue weighted by Gasteiger charge is 2.21. The van der Waals surface area contributed by atoms with Crippen LogP contribution in [0.2, 0.25) is 0 Å². The summed E-state index contributed by atoms with van der Waals surface area (Å²) in [4.78, 5) is 11.6. The Morgan fingerprint density at radius 3 is 2.76 bits per heavy atom. The third-order valence-electron chi connectivity index (χ3n) is 2.89. The maximum absolute atomic E-state index is 13.6. The van der Waals surface area contributed by atoms with Crippen LogP contribution in [-0.4, -0.2) is 19.0 Å². The number of aryl methyl sites for hydroxylation is 1. The van der Waals surface area contributed by atoms with Crippen molar-refractivity contribution in [3.63, 3.8) is 0 Å². The van der Waals surface area contributed by atoms with Gasteiger partial charge in [0.05, 0.1) is 0 Å². The molecule has 1 heterocycles. The fourth-order valence-electron chi connectivity index (χ4n) is 1.72. The second-order valence-corrected chi connectivity index (χ2v) is 4.33. The SMILES string of the molecule is Cc1ccc(F)c(NC(=O)CC2CNC2)c1F. The van der Waals surface area contributed by atoms with Crippen molar-refractivity contribution in [2.24, 2.45) is 5.92 Å². The van der Waals surface area contributed by atoms with Crippen molar-refractivity contribution in [3.05, 3.63) is 29.3 Å². The maximum Gasteiger partial charge on any atom is 0.224 e. The van der Waals surface area contributed by atoms with Crippen molar-refractivity contribution in [1.82, 2.24) is 5.32 Å². The molecule has 1 saturated heterocycles. The molecule has 1 aliphatic rings. The van der Waals surface area contributed by atoms with Gasteiger partial charge >= 0.3 is 0 Å². The summed E-state index contributed by atoms with van der Waals surface area (Å²) in [5.74, 6) is -1.52. The zero-order valence-electron chi connectivity index (χ0n) is 9.52. The average molecular weight is 240 g/mol. The van der Waals surface area contributed by atoms with Crippen LogP contribution in [0.1, 0.15) is 12.0 Å². The molecule has 0 aliphatic carbocycles. The van der Waals surface area contributed by atoms with Crippen LogP contribution in [0.3, 0.4) is 0 Å². The number of rotatable bonds is 3. The normalized spacial score (nSPS) is 15.5. The van der Waals surface area contributed by atoms with E-state index >= 15 is 0 Å². The number of carbonyl (C=O) groups excluding carboxylic acids is 1. The van der Waals surface area contributed by atoms with E-state index in [0.717, 1.165) is 19.2 Å². The average Bonchev–Trinajstić information content (AvgIpc) is 2.24. The lowest BCUT2D eigenvalue weighted by molar-refractivity contribution is -0.117. The lowest BCUT2D eigenvalue weighted by Crippen LogP contribution is -2.43. The highest BCUT2D eigenvalue weighted by molar-refractivity contribution is 5.91. The van der Waals surface area contributed by atoms with E-state index in [1.807, 2.05) is 0 Å². The summed E-state index contributed by atoms with van der Waals surface area (Å²) in [6.07, 6.45) is 0.291. The minimum absolute atomic E-state index is 0.269. The van der Waals surface area contributed by atoms with E-state index < -0.39 is 11.6 Å². The molecule has 92 valence electrons. The molecule has 1 aromatic rings. The van der Waals surface area contributed by atoms with Gasteiger partial charge in [-0.25, -0.2) is 8.78 Å². The predicted octanol–water partition coefficient (Wildman–Crippen LogP) is 1.82. The Kier molecular flexibility index (Phi) is 3.38. The molecule has 2 N–H and O–H groups in total. The Bertz CT molecular complexity index is 444. The third-order valence-corrected chi connectivity index (χ3v) is 2.89. The fourth-order valence-corrected chi connectivity index (χ4v) is 1.72. The van der Waals surface area contributed by atoms with Gasteiger partial charge in [0.1, 0.15) is 11.5 Å². The Morgan fingerprint density at radius 2 is 2.18 bits per heavy atom. The third kappa shape index (κ3) is 2.61. The van der Waals surface area contributed by atoms with Crippen molar-refractivity contribution in [3.8, 4) is 0 Å². The number of halogens is 2. The van der Waals surface area contributed by atoms with Crippen LogP contribution in [0.4, 0.5) is 14.5 Å². The Hall–Kier alpha value is -1.49. The first-order valence-electron chi connectivity index (χ1n) is 5.53. The molecule has 1 aromatic carbocycles. The quantitative estimate of drug-likeness (QED) is 0.846. The summed E-state index contributed by atoms with van der Waals surface area (Å²) in [7, 11) is 0. The van der Waals surface area contributed by atoms with Crippen LogP contribution in [0.15, 0.2) is 12.1 Å². The fraction of sp³-hybridized carbons (Fsp3) is 0.417. The standard InChI is InChI=1S/C12H14F2N2O/c1-7-2-3-9(13)12(11(7)14)16-10(17)4-8-5-15-6-8/h2-3,8,15H,4-6H2,1H3,(H,16,17). The summed E-state index contributed by atoms with van der Waals surface area (Å²) in [6.45, 7) is 3.10.